The molecule has 0 aromatic heterocycles. The average Bonchev–Trinajstić information content (AvgIpc) is 2.38. The summed E-state index contributed by atoms with van der Waals surface area (Å²) in [7, 11) is 0. The van der Waals surface area contributed by atoms with Crippen molar-refractivity contribution in [2.75, 3.05) is 6.54 Å². The van der Waals surface area contributed by atoms with Crippen molar-refractivity contribution in [3.63, 3.8) is 0 Å². The van der Waals surface area contributed by atoms with Gasteiger partial charge in [-0.25, -0.2) is 0 Å². The molecular weight excluding hydrogens is 242 g/mol. The highest BCUT2D eigenvalue weighted by atomic mass is 16.4. The Kier molecular flexibility index (Phi) is 6.64. The number of hydrogen-bond donors (Lipinski definition) is 2. The second-order valence-corrected chi connectivity index (χ2v) is 4.68. The third-order valence-electron chi connectivity index (χ3n) is 2.92. The van der Waals surface area contributed by atoms with Gasteiger partial charge in [0.25, 0.3) is 5.91 Å². The van der Waals surface area contributed by atoms with E-state index in [0.29, 0.717) is 18.5 Å². The Bertz CT molecular complexity index is 412. The zero-order valence-electron chi connectivity index (χ0n) is 11.3. The Morgan fingerprint density at radius 3 is 2.32 bits per heavy atom. The molecule has 0 fully saturated rings. The number of carboxylic acids is 1. The molecule has 0 atom stereocenters. The molecule has 0 heterocycles. The molecule has 0 unspecified atom stereocenters. The van der Waals surface area contributed by atoms with E-state index in [1.54, 1.807) is 0 Å². The average molecular weight is 263 g/mol. The Morgan fingerprint density at radius 1 is 1.05 bits per heavy atom. The molecule has 0 aliphatic rings. The van der Waals surface area contributed by atoms with E-state index in [0.717, 1.165) is 24.8 Å². The topological polar surface area (TPSA) is 66.4 Å². The molecule has 0 aliphatic heterocycles. The number of amides is 1. The molecule has 1 amide bonds. The predicted octanol–water partition coefficient (Wildman–Crippen LogP) is 2.76. The summed E-state index contributed by atoms with van der Waals surface area (Å²) in [5.74, 6) is -0.793. The van der Waals surface area contributed by atoms with Crippen molar-refractivity contribution in [2.24, 2.45) is 0 Å². The Morgan fingerprint density at radius 2 is 1.68 bits per heavy atom. The summed E-state index contributed by atoms with van der Waals surface area (Å²) >= 11 is 0. The third kappa shape index (κ3) is 6.60. The molecule has 0 bridgehead atoms. The van der Waals surface area contributed by atoms with E-state index in [4.69, 9.17) is 5.11 Å². The highest BCUT2D eigenvalue weighted by Gasteiger charge is 2.03. The molecule has 1 aromatic carbocycles. The third-order valence-corrected chi connectivity index (χ3v) is 2.92. The standard InChI is InChI=1S/C15H21NO3/c1-12-7-9-13(10-8-12)15(19)16-11-5-3-2-4-6-14(17)18/h7-10H,2-6,11H2,1H3,(H,16,19)(H,17,18). The Balaban J connectivity index is 2.11. The van der Waals surface area contributed by atoms with Crippen LogP contribution in [0.1, 0.15) is 48.0 Å². The van der Waals surface area contributed by atoms with Crippen molar-refractivity contribution in [3.8, 4) is 0 Å². The van der Waals surface area contributed by atoms with Crippen LogP contribution < -0.4 is 5.32 Å². The van der Waals surface area contributed by atoms with Gasteiger partial charge in [-0.05, 0) is 31.9 Å². The van der Waals surface area contributed by atoms with Gasteiger partial charge in [0.1, 0.15) is 0 Å². The van der Waals surface area contributed by atoms with Gasteiger partial charge in [-0.2, -0.15) is 0 Å². The monoisotopic (exact) mass is 263 g/mol. The van der Waals surface area contributed by atoms with Gasteiger partial charge in [0.15, 0.2) is 0 Å². The summed E-state index contributed by atoms with van der Waals surface area (Å²) in [4.78, 5) is 22.0. The van der Waals surface area contributed by atoms with Gasteiger partial charge in [0, 0.05) is 18.5 Å². The van der Waals surface area contributed by atoms with Crippen LogP contribution in [-0.4, -0.2) is 23.5 Å². The Labute approximate surface area is 113 Å². The minimum absolute atomic E-state index is 0.0504. The fourth-order valence-electron chi connectivity index (χ4n) is 1.76. The number of carbonyl (C=O) groups is 2. The van der Waals surface area contributed by atoms with Crippen molar-refractivity contribution in [3.05, 3.63) is 35.4 Å². The number of nitrogens with one attached hydrogen (secondary N) is 1. The molecule has 0 saturated carbocycles. The summed E-state index contributed by atoms with van der Waals surface area (Å²) < 4.78 is 0. The van der Waals surface area contributed by atoms with Crippen LogP contribution in [0.25, 0.3) is 0 Å². The van der Waals surface area contributed by atoms with Gasteiger partial charge in [-0.15, -0.1) is 0 Å². The molecule has 0 radical (unpaired) electrons. The van der Waals surface area contributed by atoms with Gasteiger partial charge >= 0.3 is 5.97 Å². The number of hydrogen-bond acceptors (Lipinski definition) is 2. The molecule has 0 spiro atoms. The summed E-state index contributed by atoms with van der Waals surface area (Å²) in [5, 5.41) is 11.3. The molecule has 0 saturated heterocycles. The quantitative estimate of drug-likeness (QED) is 0.709. The van der Waals surface area contributed by atoms with Crippen LogP contribution in [0.15, 0.2) is 24.3 Å². The maximum atomic E-state index is 11.7. The number of carboxylic acid groups (broad SMARTS) is 1. The van der Waals surface area contributed by atoms with Crippen molar-refractivity contribution < 1.29 is 14.7 Å². The Hall–Kier alpha value is -1.84. The summed E-state index contributed by atoms with van der Waals surface area (Å²) in [5.41, 5.74) is 1.81. The summed E-state index contributed by atoms with van der Waals surface area (Å²) in [6.45, 7) is 2.62. The lowest BCUT2D eigenvalue weighted by Crippen LogP contribution is -2.24. The van der Waals surface area contributed by atoms with E-state index in [1.807, 2.05) is 31.2 Å². The number of aliphatic carboxylic acids is 1. The first-order chi connectivity index (χ1) is 9.09. The second kappa shape index (κ2) is 8.29. The molecule has 2 N–H and O–H groups in total. The zero-order valence-corrected chi connectivity index (χ0v) is 11.3. The molecule has 1 aromatic rings. The number of aryl methyl sites for hydroxylation is 1. The van der Waals surface area contributed by atoms with Gasteiger partial charge in [-0.1, -0.05) is 30.5 Å². The van der Waals surface area contributed by atoms with E-state index < -0.39 is 5.97 Å². The van der Waals surface area contributed by atoms with Crippen molar-refractivity contribution in [2.45, 2.75) is 39.0 Å². The van der Waals surface area contributed by atoms with E-state index in [-0.39, 0.29) is 12.3 Å². The minimum Gasteiger partial charge on any atom is -0.481 e. The van der Waals surface area contributed by atoms with E-state index >= 15 is 0 Å². The maximum absolute atomic E-state index is 11.7. The molecule has 0 aliphatic carbocycles. The first-order valence-electron chi connectivity index (χ1n) is 6.66. The van der Waals surface area contributed by atoms with Crippen molar-refractivity contribution in [1.29, 1.82) is 0 Å². The van der Waals surface area contributed by atoms with Gasteiger partial charge in [0.05, 0.1) is 0 Å². The first kappa shape index (κ1) is 15.2. The molecule has 19 heavy (non-hydrogen) atoms. The highest BCUT2D eigenvalue weighted by Crippen LogP contribution is 2.04. The second-order valence-electron chi connectivity index (χ2n) is 4.68. The lowest BCUT2D eigenvalue weighted by Gasteiger charge is -2.05. The molecule has 104 valence electrons. The maximum Gasteiger partial charge on any atom is 0.303 e. The van der Waals surface area contributed by atoms with Crippen LogP contribution in [0.5, 0.6) is 0 Å². The fraction of sp³-hybridized carbons (Fsp3) is 0.467. The van der Waals surface area contributed by atoms with Crippen molar-refractivity contribution >= 4 is 11.9 Å². The predicted molar refractivity (Wildman–Crippen MR) is 74.2 cm³/mol. The minimum atomic E-state index is -0.743. The SMILES string of the molecule is Cc1ccc(C(=O)NCCCCCCC(=O)O)cc1. The van der Waals surface area contributed by atoms with E-state index in [2.05, 4.69) is 5.32 Å². The molecular formula is C15H21NO3. The number of benzene rings is 1. The van der Waals surface area contributed by atoms with Crippen LogP contribution in [0, 0.1) is 6.92 Å². The first-order valence-corrected chi connectivity index (χ1v) is 6.66. The number of unbranched alkanes of at least 4 members (excludes halogenated alkanes) is 3. The lowest BCUT2D eigenvalue weighted by molar-refractivity contribution is -0.137. The van der Waals surface area contributed by atoms with Crippen LogP contribution >= 0.6 is 0 Å². The highest BCUT2D eigenvalue weighted by molar-refractivity contribution is 5.94. The zero-order chi connectivity index (χ0) is 14.1. The van der Waals surface area contributed by atoms with Crippen molar-refractivity contribution in [1.82, 2.24) is 5.32 Å². The molecule has 4 nitrogen and oxygen atoms in total. The van der Waals surface area contributed by atoms with Gasteiger partial charge < -0.3 is 10.4 Å². The smallest absolute Gasteiger partial charge is 0.303 e. The van der Waals surface area contributed by atoms with Crippen LogP contribution in [-0.2, 0) is 4.79 Å². The largest absolute Gasteiger partial charge is 0.481 e. The van der Waals surface area contributed by atoms with Crippen LogP contribution in [0.2, 0.25) is 0 Å². The van der Waals surface area contributed by atoms with Crippen LogP contribution in [0.3, 0.4) is 0 Å². The molecule has 1 rings (SSSR count). The number of rotatable bonds is 8. The normalized spacial score (nSPS) is 10.2. The van der Waals surface area contributed by atoms with Crippen LogP contribution in [0.4, 0.5) is 0 Å². The fourth-order valence-corrected chi connectivity index (χ4v) is 1.76. The van der Waals surface area contributed by atoms with E-state index in [1.165, 1.54) is 0 Å². The summed E-state index contributed by atoms with van der Waals surface area (Å²) in [6.07, 6.45) is 3.67. The summed E-state index contributed by atoms with van der Waals surface area (Å²) in [6, 6.07) is 7.47. The van der Waals surface area contributed by atoms with E-state index in [9.17, 15) is 9.59 Å². The number of carbonyl (C=O) groups excluding carboxylic acids is 1. The van der Waals surface area contributed by atoms with Gasteiger partial charge in [-0.3, -0.25) is 9.59 Å². The molecule has 4 heteroatoms. The lowest BCUT2D eigenvalue weighted by atomic mass is 10.1. The van der Waals surface area contributed by atoms with Gasteiger partial charge in [0.2, 0.25) is 0 Å².